The Morgan fingerprint density at radius 1 is 1.11 bits per heavy atom. The number of nitrogens with zero attached hydrogens (tertiary/aromatic N) is 4. The summed E-state index contributed by atoms with van der Waals surface area (Å²) < 4.78 is 21.2. The van der Waals surface area contributed by atoms with Gasteiger partial charge in [0.05, 0.1) is 34.0 Å². The fourth-order valence-electron chi connectivity index (χ4n) is 2.57. The van der Waals surface area contributed by atoms with E-state index in [0.717, 1.165) is 0 Å². The summed E-state index contributed by atoms with van der Waals surface area (Å²) in [5, 5.41) is 2.73. The van der Waals surface area contributed by atoms with Crippen LogP contribution in [0.5, 0.6) is 17.5 Å². The van der Waals surface area contributed by atoms with Crippen LogP contribution < -0.4 is 24.4 Å². The number of morpholine rings is 1. The summed E-state index contributed by atoms with van der Waals surface area (Å²) in [6.07, 6.45) is 0. The van der Waals surface area contributed by atoms with E-state index in [-0.39, 0.29) is 25.1 Å². The molecule has 1 aromatic heterocycles. The zero-order valence-electron chi connectivity index (χ0n) is 15.9. The second-order valence-electron chi connectivity index (χ2n) is 5.85. The minimum absolute atomic E-state index is 0.129. The molecule has 0 unspecified atom stereocenters. The molecule has 1 aliphatic rings. The van der Waals surface area contributed by atoms with E-state index in [0.29, 0.717) is 49.6 Å². The molecular formula is C18H23N5O5. The highest BCUT2D eigenvalue weighted by molar-refractivity contribution is 5.77. The van der Waals surface area contributed by atoms with E-state index >= 15 is 0 Å². The summed E-state index contributed by atoms with van der Waals surface area (Å²) in [6.45, 7) is 2.57. The van der Waals surface area contributed by atoms with E-state index in [2.05, 4.69) is 20.3 Å². The number of hydrogen-bond acceptors (Lipinski definition) is 9. The van der Waals surface area contributed by atoms with E-state index in [1.807, 2.05) is 11.0 Å². The lowest BCUT2D eigenvalue weighted by molar-refractivity contribution is -0.123. The van der Waals surface area contributed by atoms with Crippen LogP contribution in [0.1, 0.15) is 5.82 Å². The summed E-state index contributed by atoms with van der Waals surface area (Å²) in [7, 11) is 3.03. The van der Waals surface area contributed by atoms with Gasteiger partial charge in [0.1, 0.15) is 0 Å². The van der Waals surface area contributed by atoms with E-state index in [1.54, 1.807) is 25.3 Å². The Bertz CT molecular complexity index is 798. The number of hydrogen-bond donors (Lipinski definition) is 1. The molecule has 1 aliphatic heterocycles. The van der Waals surface area contributed by atoms with E-state index in [4.69, 9.17) is 18.9 Å². The number of methoxy groups -OCH3 is 2. The monoisotopic (exact) mass is 389 g/mol. The molecule has 0 atom stereocenters. The SMILES string of the molecule is COc1nc(CNC(=O)COc2ccccc2OC)nc(N2CCOCC2)n1. The lowest BCUT2D eigenvalue weighted by atomic mass is 10.3. The fraction of sp³-hybridized carbons (Fsp3) is 0.444. The molecule has 3 rings (SSSR count). The van der Waals surface area contributed by atoms with Crippen molar-refractivity contribution in [2.75, 3.05) is 52.0 Å². The number of carbonyl (C=O) groups excluding carboxylic acids is 1. The van der Waals surface area contributed by atoms with E-state index < -0.39 is 0 Å². The van der Waals surface area contributed by atoms with Crippen molar-refractivity contribution in [3.63, 3.8) is 0 Å². The number of para-hydroxylation sites is 2. The minimum atomic E-state index is -0.307. The van der Waals surface area contributed by atoms with Crippen molar-refractivity contribution in [1.82, 2.24) is 20.3 Å². The average Bonchev–Trinajstić information content (AvgIpc) is 2.76. The summed E-state index contributed by atoms with van der Waals surface area (Å²) in [4.78, 5) is 27.0. The molecule has 2 heterocycles. The number of carbonyl (C=O) groups is 1. The van der Waals surface area contributed by atoms with Crippen molar-refractivity contribution >= 4 is 11.9 Å². The number of benzene rings is 1. The van der Waals surface area contributed by atoms with Gasteiger partial charge in [0.25, 0.3) is 5.91 Å². The van der Waals surface area contributed by atoms with Crippen molar-refractivity contribution in [3.05, 3.63) is 30.1 Å². The first kappa shape index (κ1) is 19.6. The maximum atomic E-state index is 12.1. The third-order valence-electron chi connectivity index (χ3n) is 4.00. The van der Waals surface area contributed by atoms with Gasteiger partial charge in [0.15, 0.2) is 23.9 Å². The second-order valence-corrected chi connectivity index (χ2v) is 5.85. The number of anilines is 1. The Balaban J connectivity index is 1.57. The van der Waals surface area contributed by atoms with Gasteiger partial charge in [0, 0.05) is 13.1 Å². The highest BCUT2D eigenvalue weighted by Gasteiger charge is 2.17. The fourth-order valence-corrected chi connectivity index (χ4v) is 2.57. The molecule has 0 spiro atoms. The Hall–Kier alpha value is -3.14. The molecule has 10 heteroatoms. The minimum Gasteiger partial charge on any atom is -0.493 e. The molecule has 1 saturated heterocycles. The average molecular weight is 389 g/mol. The Morgan fingerprint density at radius 3 is 2.57 bits per heavy atom. The second kappa shape index (κ2) is 9.70. The van der Waals surface area contributed by atoms with Crippen molar-refractivity contribution in [1.29, 1.82) is 0 Å². The van der Waals surface area contributed by atoms with Crippen LogP contribution in [0.3, 0.4) is 0 Å². The highest BCUT2D eigenvalue weighted by Crippen LogP contribution is 2.25. The van der Waals surface area contributed by atoms with Crippen LogP contribution in [0.25, 0.3) is 0 Å². The zero-order chi connectivity index (χ0) is 19.8. The van der Waals surface area contributed by atoms with Gasteiger partial charge in [-0.15, -0.1) is 0 Å². The number of ether oxygens (including phenoxy) is 4. The van der Waals surface area contributed by atoms with Crippen LogP contribution in [0.15, 0.2) is 24.3 Å². The molecular weight excluding hydrogens is 366 g/mol. The molecule has 1 amide bonds. The van der Waals surface area contributed by atoms with Gasteiger partial charge < -0.3 is 29.2 Å². The maximum Gasteiger partial charge on any atom is 0.321 e. The largest absolute Gasteiger partial charge is 0.493 e. The molecule has 0 bridgehead atoms. The smallest absolute Gasteiger partial charge is 0.321 e. The summed E-state index contributed by atoms with van der Waals surface area (Å²) >= 11 is 0. The molecule has 1 N–H and O–H groups in total. The Labute approximate surface area is 162 Å². The molecule has 28 heavy (non-hydrogen) atoms. The number of amides is 1. The van der Waals surface area contributed by atoms with Crippen molar-refractivity contribution in [2.24, 2.45) is 0 Å². The predicted octanol–water partition coefficient (Wildman–Crippen LogP) is 0.421. The molecule has 0 radical (unpaired) electrons. The van der Waals surface area contributed by atoms with Gasteiger partial charge in [-0.1, -0.05) is 12.1 Å². The first-order valence-electron chi connectivity index (χ1n) is 8.83. The lowest BCUT2D eigenvalue weighted by Crippen LogP contribution is -2.38. The third-order valence-corrected chi connectivity index (χ3v) is 4.00. The Morgan fingerprint density at radius 2 is 1.86 bits per heavy atom. The molecule has 1 aromatic carbocycles. The van der Waals surface area contributed by atoms with Crippen LogP contribution in [0, 0.1) is 0 Å². The van der Waals surface area contributed by atoms with Gasteiger partial charge in [-0.25, -0.2) is 0 Å². The molecule has 2 aromatic rings. The van der Waals surface area contributed by atoms with Crippen LogP contribution in [-0.4, -0.2) is 68.0 Å². The third kappa shape index (κ3) is 5.19. The first-order chi connectivity index (χ1) is 13.7. The number of rotatable bonds is 8. The van der Waals surface area contributed by atoms with Gasteiger partial charge in [-0.3, -0.25) is 4.79 Å². The summed E-state index contributed by atoms with van der Waals surface area (Å²) in [6, 6.07) is 7.33. The van der Waals surface area contributed by atoms with Gasteiger partial charge in [-0.2, -0.15) is 15.0 Å². The summed E-state index contributed by atoms with van der Waals surface area (Å²) in [5.74, 6) is 1.66. The quantitative estimate of drug-likeness (QED) is 0.687. The van der Waals surface area contributed by atoms with Gasteiger partial charge in [-0.05, 0) is 12.1 Å². The van der Waals surface area contributed by atoms with Crippen LogP contribution in [-0.2, 0) is 16.1 Å². The molecule has 10 nitrogen and oxygen atoms in total. The van der Waals surface area contributed by atoms with Gasteiger partial charge in [0.2, 0.25) is 5.95 Å². The highest BCUT2D eigenvalue weighted by atomic mass is 16.5. The molecule has 150 valence electrons. The van der Waals surface area contributed by atoms with E-state index in [9.17, 15) is 4.79 Å². The maximum absolute atomic E-state index is 12.1. The van der Waals surface area contributed by atoms with Crippen molar-refractivity contribution in [3.8, 4) is 17.5 Å². The van der Waals surface area contributed by atoms with Crippen molar-refractivity contribution in [2.45, 2.75) is 6.54 Å². The summed E-state index contributed by atoms with van der Waals surface area (Å²) in [5.41, 5.74) is 0. The predicted molar refractivity (Wildman–Crippen MR) is 99.7 cm³/mol. The van der Waals surface area contributed by atoms with Crippen molar-refractivity contribution < 1.29 is 23.7 Å². The number of aromatic nitrogens is 3. The molecule has 0 saturated carbocycles. The van der Waals surface area contributed by atoms with Crippen LogP contribution in [0.2, 0.25) is 0 Å². The zero-order valence-corrected chi connectivity index (χ0v) is 15.9. The number of nitrogens with one attached hydrogen (secondary N) is 1. The van der Waals surface area contributed by atoms with E-state index in [1.165, 1.54) is 7.11 Å². The van der Waals surface area contributed by atoms with Crippen LogP contribution >= 0.6 is 0 Å². The Kier molecular flexibility index (Phi) is 6.79. The van der Waals surface area contributed by atoms with Crippen LogP contribution in [0.4, 0.5) is 5.95 Å². The standard InChI is InChI=1S/C18H23N5O5/c1-25-13-5-3-4-6-14(13)28-12-16(24)19-11-15-20-17(22-18(21-15)26-2)23-7-9-27-10-8-23/h3-6H,7-12H2,1-2H3,(H,19,24). The molecule has 0 aliphatic carbocycles. The molecule has 1 fully saturated rings. The van der Waals surface area contributed by atoms with Gasteiger partial charge >= 0.3 is 6.01 Å². The lowest BCUT2D eigenvalue weighted by Gasteiger charge is -2.26. The normalized spacial score (nSPS) is 13.7. The topological polar surface area (TPSA) is 108 Å². The first-order valence-corrected chi connectivity index (χ1v) is 8.83.